The van der Waals surface area contributed by atoms with Gasteiger partial charge in [-0.15, -0.1) is 0 Å². The van der Waals surface area contributed by atoms with Crippen molar-refractivity contribution in [2.24, 2.45) is 11.0 Å². The van der Waals surface area contributed by atoms with Gasteiger partial charge in [0, 0.05) is 30.9 Å². The molecule has 0 saturated heterocycles. The number of aryl methyl sites for hydroxylation is 1. The van der Waals surface area contributed by atoms with E-state index in [1.807, 2.05) is 19.9 Å². The largest absolute Gasteiger partial charge is 0.481 e. The third-order valence-corrected chi connectivity index (χ3v) is 5.94. The molecule has 1 aliphatic carbocycles. The molecule has 1 aromatic rings. The number of amides is 3. The number of rotatable bonds is 5. The van der Waals surface area contributed by atoms with Gasteiger partial charge in [0.2, 0.25) is 5.88 Å². The molecule has 0 aromatic carbocycles. The average Bonchev–Trinajstić information content (AvgIpc) is 2.75. The second-order valence-electron chi connectivity index (χ2n) is 8.13. The van der Waals surface area contributed by atoms with Gasteiger partial charge in [-0.25, -0.2) is 15.2 Å². The molecule has 2 heterocycles. The number of carbonyl (C=O) groups is 3. The lowest BCUT2D eigenvalue weighted by molar-refractivity contribution is -0.139. The van der Waals surface area contributed by atoms with Crippen molar-refractivity contribution >= 4 is 23.6 Å². The van der Waals surface area contributed by atoms with Crippen LogP contribution in [0.25, 0.3) is 0 Å². The summed E-state index contributed by atoms with van der Waals surface area (Å²) >= 11 is 0. The Labute approximate surface area is 181 Å². The standard InChI is InChI=1S/C21H29N5O5/c1-12-9-16(30-4)23-11-15(12)17-21(31-20(29)26-25-17)7-5-14(6-8-21)10-13(2)24-19(28)18(27)22-3/h9,11,13-14H,5-8,10H2,1-4H3,(H,22,27)(H,24,28)(H,26,29)/t13-,14?,21?/m0/s1. The number of pyridine rings is 1. The van der Waals surface area contributed by atoms with Gasteiger partial charge in [-0.1, -0.05) is 0 Å². The van der Waals surface area contributed by atoms with Gasteiger partial charge in [0.15, 0.2) is 5.60 Å². The zero-order chi connectivity index (χ0) is 22.6. The minimum atomic E-state index is -0.811. The number of hydrazone groups is 1. The van der Waals surface area contributed by atoms with E-state index in [9.17, 15) is 14.4 Å². The van der Waals surface area contributed by atoms with Crippen molar-refractivity contribution < 1.29 is 23.9 Å². The number of hydrogen-bond donors (Lipinski definition) is 3. The Kier molecular flexibility index (Phi) is 6.77. The highest BCUT2D eigenvalue weighted by Gasteiger charge is 2.46. The zero-order valence-electron chi connectivity index (χ0n) is 18.3. The minimum absolute atomic E-state index is 0.138. The van der Waals surface area contributed by atoms with E-state index in [1.54, 1.807) is 13.3 Å². The molecular formula is C21H29N5O5. The number of methoxy groups -OCH3 is 1. The summed E-state index contributed by atoms with van der Waals surface area (Å²) in [6.07, 6.45) is 4.70. The second-order valence-corrected chi connectivity index (χ2v) is 8.13. The van der Waals surface area contributed by atoms with Crippen LogP contribution in [0.2, 0.25) is 0 Å². The van der Waals surface area contributed by atoms with E-state index in [0.29, 0.717) is 30.4 Å². The molecule has 10 heteroatoms. The summed E-state index contributed by atoms with van der Waals surface area (Å²) in [6.45, 7) is 3.82. The summed E-state index contributed by atoms with van der Waals surface area (Å²) < 4.78 is 11.0. The van der Waals surface area contributed by atoms with E-state index in [1.165, 1.54) is 7.05 Å². The van der Waals surface area contributed by atoms with Crippen LogP contribution in [0.4, 0.5) is 4.79 Å². The van der Waals surface area contributed by atoms with Crippen LogP contribution in [0.15, 0.2) is 17.4 Å². The van der Waals surface area contributed by atoms with E-state index < -0.39 is 23.5 Å². The maximum absolute atomic E-state index is 12.0. The number of nitrogens with zero attached hydrogens (tertiary/aromatic N) is 2. The highest BCUT2D eigenvalue weighted by atomic mass is 16.6. The van der Waals surface area contributed by atoms with Crippen molar-refractivity contribution in [1.82, 2.24) is 21.0 Å². The van der Waals surface area contributed by atoms with Crippen LogP contribution in [0.5, 0.6) is 5.88 Å². The number of likely N-dealkylation sites (N-methyl/N-ethyl adjacent to an activating group) is 1. The predicted molar refractivity (Wildman–Crippen MR) is 113 cm³/mol. The van der Waals surface area contributed by atoms with Crippen molar-refractivity contribution in [3.05, 3.63) is 23.4 Å². The maximum Gasteiger partial charge on any atom is 0.428 e. The number of nitrogens with one attached hydrogen (secondary N) is 3. The molecule has 1 spiro atoms. The maximum atomic E-state index is 12.0. The Bertz CT molecular complexity index is 892. The third-order valence-electron chi connectivity index (χ3n) is 5.94. The lowest BCUT2D eigenvalue weighted by atomic mass is 9.72. The first kappa shape index (κ1) is 22.5. The van der Waals surface area contributed by atoms with Crippen LogP contribution in [-0.4, -0.2) is 54.4 Å². The van der Waals surface area contributed by atoms with Crippen molar-refractivity contribution in [2.45, 2.75) is 57.6 Å². The quantitative estimate of drug-likeness (QED) is 0.604. The molecule has 1 atom stereocenters. The summed E-state index contributed by atoms with van der Waals surface area (Å²) in [4.78, 5) is 39.5. The van der Waals surface area contributed by atoms with E-state index >= 15 is 0 Å². The van der Waals surface area contributed by atoms with E-state index in [2.05, 4.69) is 26.1 Å². The average molecular weight is 431 g/mol. The van der Waals surface area contributed by atoms with Gasteiger partial charge in [0.1, 0.15) is 5.71 Å². The van der Waals surface area contributed by atoms with Gasteiger partial charge >= 0.3 is 17.9 Å². The number of carbonyl (C=O) groups excluding carboxylic acids is 3. The van der Waals surface area contributed by atoms with Crippen molar-refractivity contribution in [3.8, 4) is 5.88 Å². The highest BCUT2D eigenvalue weighted by Crippen LogP contribution is 2.41. The van der Waals surface area contributed by atoms with Gasteiger partial charge in [-0.3, -0.25) is 9.59 Å². The molecule has 1 aliphatic heterocycles. The van der Waals surface area contributed by atoms with Crippen LogP contribution in [-0.2, 0) is 14.3 Å². The van der Waals surface area contributed by atoms with Crippen molar-refractivity contribution in [1.29, 1.82) is 0 Å². The van der Waals surface area contributed by atoms with Crippen LogP contribution >= 0.6 is 0 Å². The van der Waals surface area contributed by atoms with Crippen LogP contribution in [0.1, 0.15) is 50.2 Å². The number of aromatic nitrogens is 1. The Hall–Kier alpha value is -3.17. The first-order valence-electron chi connectivity index (χ1n) is 10.4. The molecule has 31 heavy (non-hydrogen) atoms. The molecule has 0 unspecified atom stereocenters. The van der Waals surface area contributed by atoms with E-state index in [-0.39, 0.29) is 6.04 Å². The molecule has 3 rings (SSSR count). The monoisotopic (exact) mass is 431 g/mol. The fraction of sp³-hybridized carbons (Fsp3) is 0.571. The first-order valence-corrected chi connectivity index (χ1v) is 10.4. The molecule has 3 amide bonds. The summed E-state index contributed by atoms with van der Waals surface area (Å²) in [5.41, 5.74) is 4.02. The van der Waals surface area contributed by atoms with Crippen molar-refractivity contribution in [2.75, 3.05) is 14.2 Å². The molecule has 3 N–H and O–H groups in total. The molecule has 2 aliphatic rings. The van der Waals surface area contributed by atoms with Crippen LogP contribution < -0.4 is 20.8 Å². The molecule has 1 saturated carbocycles. The topological polar surface area (TPSA) is 131 Å². The normalized spacial score (nSPS) is 23.8. The lowest BCUT2D eigenvalue weighted by Crippen LogP contribution is -2.52. The fourth-order valence-corrected chi connectivity index (χ4v) is 4.33. The molecule has 1 aromatic heterocycles. The SMILES string of the molecule is CNC(=O)C(=O)N[C@@H](C)CC1CCC2(CC1)OC(=O)NN=C2c1cnc(OC)cc1C. The first-order chi connectivity index (χ1) is 14.8. The van der Waals surface area contributed by atoms with Gasteiger partial charge in [-0.2, -0.15) is 5.10 Å². The highest BCUT2D eigenvalue weighted by molar-refractivity contribution is 6.35. The number of hydrogen-bond acceptors (Lipinski definition) is 7. The minimum Gasteiger partial charge on any atom is -0.481 e. The fourth-order valence-electron chi connectivity index (χ4n) is 4.33. The molecular weight excluding hydrogens is 402 g/mol. The number of ether oxygens (including phenoxy) is 2. The molecule has 10 nitrogen and oxygen atoms in total. The predicted octanol–water partition coefficient (Wildman–Crippen LogP) is 1.41. The van der Waals surface area contributed by atoms with Gasteiger partial charge in [0.25, 0.3) is 0 Å². The molecule has 0 radical (unpaired) electrons. The summed E-state index contributed by atoms with van der Waals surface area (Å²) in [5, 5.41) is 9.37. The van der Waals surface area contributed by atoms with Gasteiger partial charge in [0.05, 0.1) is 7.11 Å². The van der Waals surface area contributed by atoms with E-state index in [4.69, 9.17) is 9.47 Å². The lowest BCUT2D eigenvalue weighted by Gasteiger charge is -2.42. The molecule has 1 fully saturated rings. The third kappa shape index (κ3) is 4.95. The van der Waals surface area contributed by atoms with E-state index in [0.717, 1.165) is 30.4 Å². The Balaban J connectivity index is 1.70. The smallest absolute Gasteiger partial charge is 0.428 e. The summed E-state index contributed by atoms with van der Waals surface area (Å²) in [6, 6.07) is 1.69. The molecule has 168 valence electrons. The van der Waals surface area contributed by atoms with Gasteiger partial charge < -0.3 is 20.1 Å². The summed E-state index contributed by atoms with van der Waals surface area (Å²) in [7, 11) is 2.98. The van der Waals surface area contributed by atoms with Crippen LogP contribution in [0.3, 0.4) is 0 Å². The van der Waals surface area contributed by atoms with Gasteiger partial charge in [-0.05, 0) is 57.4 Å². The Morgan fingerprint density at radius 1 is 1.35 bits per heavy atom. The van der Waals surface area contributed by atoms with Crippen LogP contribution in [0, 0.1) is 12.8 Å². The second kappa shape index (κ2) is 9.32. The Morgan fingerprint density at radius 2 is 2.06 bits per heavy atom. The van der Waals surface area contributed by atoms with Crippen molar-refractivity contribution in [3.63, 3.8) is 0 Å². The Morgan fingerprint density at radius 3 is 2.68 bits per heavy atom. The molecule has 0 bridgehead atoms. The zero-order valence-corrected chi connectivity index (χ0v) is 18.3. The summed E-state index contributed by atoms with van der Waals surface area (Å²) in [5.74, 6) is -0.449.